The van der Waals surface area contributed by atoms with Crippen LogP contribution < -0.4 is 4.90 Å². The van der Waals surface area contributed by atoms with E-state index in [4.69, 9.17) is 0 Å². The van der Waals surface area contributed by atoms with Gasteiger partial charge in [-0.15, -0.1) is 0 Å². The number of fused-ring (bicyclic) bond motifs is 1. The van der Waals surface area contributed by atoms with Crippen molar-refractivity contribution in [2.24, 2.45) is 5.92 Å². The molecule has 0 radical (unpaired) electrons. The van der Waals surface area contributed by atoms with Crippen LogP contribution in [0.1, 0.15) is 32.3 Å². The second-order valence-corrected chi connectivity index (χ2v) is 5.23. The number of benzene rings is 1. The largest absolute Gasteiger partial charge is 0.480 e. The predicted octanol–water partition coefficient (Wildman–Crippen LogP) is 2.94. The molecule has 0 bridgehead atoms. The fraction of sp³-hybridized carbons (Fsp3) is 0.533. The summed E-state index contributed by atoms with van der Waals surface area (Å²) < 4.78 is 0. The summed E-state index contributed by atoms with van der Waals surface area (Å²) in [5.74, 6) is -0.195. The van der Waals surface area contributed by atoms with Gasteiger partial charge in [0, 0.05) is 12.2 Å². The minimum atomic E-state index is -0.708. The molecule has 0 saturated heterocycles. The van der Waals surface area contributed by atoms with Gasteiger partial charge in [0.15, 0.2) is 0 Å². The van der Waals surface area contributed by atoms with Gasteiger partial charge in [-0.05, 0) is 30.4 Å². The van der Waals surface area contributed by atoms with Crippen LogP contribution in [0.2, 0.25) is 0 Å². The van der Waals surface area contributed by atoms with Gasteiger partial charge in [0.1, 0.15) is 6.04 Å². The molecule has 1 N–H and O–H groups in total. The molecule has 18 heavy (non-hydrogen) atoms. The van der Waals surface area contributed by atoms with Crippen LogP contribution in [0.5, 0.6) is 0 Å². The first-order chi connectivity index (χ1) is 8.63. The number of carbonyl (C=O) groups is 1. The Morgan fingerprint density at radius 1 is 1.50 bits per heavy atom. The Morgan fingerprint density at radius 3 is 2.89 bits per heavy atom. The van der Waals surface area contributed by atoms with Gasteiger partial charge in [0.2, 0.25) is 0 Å². The third-order valence-electron chi connectivity index (χ3n) is 3.60. The maximum atomic E-state index is 11.5. The fourth-order valence-electron chi connectivity index (χ4n) is 2.82. The number of rotatable bonds is 4. The highest BCUT2D eigenvalue weighted by molar-refractivity contribution is 5.79. The molecule has 0 amide bonds. The zero-order valence-corrected chi connectivity index (χ0v) is 11.1. The normalized spacial score (nSPS) is 20.3. The Labute approximate surface area is 108 Å². The minimum Gasteiger partial charge on any atom is -0.480 e. The van der Waals surface area contributed by atoms with Crippen LogP contribution in [-0.2, 0) is 11.2 Å². The van der Waals surface area contributed by atoms with Crippen LogP contribution in [0.15, 0.2) is 24.3 Å². The van der Waals surface area contributed by atoms with Crippen molar-refractivity contribution in [1.29, 1.82) is 0 Å². The molecule has 2 atom stereocenters. The van der Waals surface area contributed by atoms with Crippen molar-refractivity contribution in [3.63, 3.8) is 0 Å². The number of nitrogens with zero attached hydrogens (tertiary/aromatic N) is 1. The quantitative estimate of drug-likeness (QED) is 0.889. The average Bonchev–Trinajstić information content (AvgIpc) is 2.34. The molecular weight excluding hydrogens is 226 g/mol. The van der Waals surface area contributed by atoms with E-state index >= 15 is 0 Å². The van der Waals surface area contributed by atoms with E-state index in [0.717, 1.165) is 25.1 Å². The maximum absolute atomic E-state index is 11.5. The summed E-state index contributed by atoms with van der Waals surface area (Å²) in [7, 11) is 0. The Kier molecular flexibility index (Phi) is 3.90. The summed E-state index contributed by atoms with van der Waals surface area (Å²) in [6.45, 7) is 5.07. The summed E-state index contributed by atoms with van der Waals surface area (Å²) in [5, 5.41) is 9.43. The summed E-state index contributed by atoms with van der Waals surface area (Å²) >= 11 is 0. The van der Waals surface area contributed by atoms with E-state index in [9.17, 15) is 9.90 Å². The molecule has 2 rings (SSSR count). The molecule has 3 heteroatoms. The van der Waals surface area contributed by atoms with Gasteiger partial charge < -0.3 is 10.0 Å². The third kappa shape index (κ3) is 2.50. The first-order valence-electron chi connectivity index (χ1n) is 6.70. The van der Waals surface area contributed by atoms with Crippen LogP contribution in [0, 0.1) is 5.92 Å². The van der Waals surface area contributed by atoms with E-state index < -0.39 is 5.97 Å². The predicted molar refractivity (Wildman–Crippen MR) is 73.0 cm³/mol. The molecule has 3 nitrogen and oxygen atoms in total. The Morgan fingerprint density at radius 2 is 2.22 bits per heavy atom. The minimum absolute atomic E-state index is 0.390. The van der Waals surface area contributed by atoms with Crippen LogP contribution in [-0.4, -0.2) is 23.7 Å². The lowest BCUT2D eigenvalue weighted by Crippen LogP contribution is -2.46. The second-order valence-electron chi connectivity index (χ2n) is 5.23. The van der Waals surface area contributed by atoms with E-state index in [1.54, 1.807) is 0 Å². The Bertz CT molecular complexity index is 430. The molecular formula is C15H21NO2. The van der Waals surface area contributed by atoms with Crippen LogP contribution in [0.4, 0.5) is 5.69 Å². The van der Waals surface area contributed by atoms with Gasteiger partial charge in [-0.1, -0.05) is 38.5 Å². The Hall–Kier alpha value is -1.51. The lowest BCUT2D eigenvalue weighted by Gasteiger charge is -2.38. The second kappa shape index (κ2) is 5.42. The van der Waals surface area contributed by atoms with Crippen molar-refractivity contribution in [2.45, 2.75) is 39.2 Å². The van der Waals surface area contributed by atoms with Crippen LogP contribution in [0.3, 0.4) is 0 Å². The monoisotopic (exact) mass is 247 g/mol. The van der Waals surface area contributed by atoms with E-state index in [-0.39, 0.29) is 6.04 Å². The number of anilines is 1. The molecule has 0 aromatic heterocycles. The molecule has 1 heterocycles. The topological polar surface area (TPSA) is 40.5 Å². The fourth-order valence-corrected chi connectivity index (χ4v) is 2.82. The van der Waals surface area contributed by atoms with Crippen molar-refractivity contribution in [2.75, 3.05) is 11.4 Å². The maximum Gasteiger partial charge on any atom is 0.326 e. The van der Waals surface area contributed by atoms with E-state index in [1.807, 2.05) is 25.1 Å². The molecule has 1 aromatic rings. The van der Waals surface area contributed by atoms with Crippen molar-refractivity contribution in [1.82, 2.24) is 0 Å². The summed E-state index contributed by atoms with van der Waals surface area (Å²) in [6.07, 6.45) is 2.64. The highest BCUT2D eigenvalue weighted by Gasteiger charge is 2.30. The summed E-state index contributed by atoms with van der Waals surface area (Å²) in [6, 6.07) is 7.80. The number of aliphatic carboxylic acids is 1. The van der Waals surface area contributed by atoms with Gasteiger partial charge >= 0.3 is 5.97 Å². The van der Waals surface area contributed by atoms with Gasteiger partial charge in [-0.25, -0.2) is 4.79 Å². The molecule has 1 aliphatic rings. The highest BCUT2D eigenvalue weighted by atomic mass is 16.4. The van der Waals surface area contributed by atoms with Crippen molar-refractivity contribution >= 4 is 11.7 Å². The zero-order chi connectivity index (χ0) is 13.1. The van der Waals surface area contributed by atoms with Gasteiger partial charge in [-0.2, -0.15) is 0 Å². The standard InChI is InChI=1S/C15H21NO2/c1-3-6-14(15(17)18)16-10-11(2)9-12-7-4-5-8-13(12)16/h4-5,7-8,11,14H,3,6,9-10H2,1-2H3,(H,17,18). The summed E-state index contributed by atoms with van der Waals surface area (Å²) in [5.41, 5.74) is 2.38. The smallest absolute Gasteiger partial charge is 0.326 e. The Balaban J connectivity index is 2.34. The number of hydrogen-bond acceptors (Lipinski definition) is 2. The average molecular weight is 247 g/mol. The molecule has 1 aromatic carbocycles. The van der Waals surface area contributed by atoms with Crippen molar-refractivity contribution < 1.29 is 9.90 Å². The lowest BCUT2D eigenvalue weighted by molar-refractivity contribution is -0.138. The number of hydrogen-bond donors (Lipinski definition) is 1. The van der Waals surface area contributed by atoms with Crippen LogP contribution >= 0.6 is 0 Å². The highest BCUT2D eigenvalue weighted by Crippen LogP contribution is 2.31. The first kappa shape index (κ1) is 12.9. The number of para-hydroxylation sites is 1. The molecule has 0 aliphatic carbocycles. The first-order valence-corrected chi connectivity index (χ1v) is 6.70. The molecule has 2 unspecified atom stereocenters. The zero-order valence-electron chi connectivity index (χ0n) is 11.1. The number of carboxylic acids is 1. The summed E-state index contributed by atoms with van der Waals surface area (Å²) in [4.78, 5) is 13.5. The van der Waals surface area contributed by atoms with E-state index in [1.165, 1.54) is 5.56 Å². The molecule has 0 saturated carbocycles. The molecule has 1 aliphatic heterocycles. The molecule has 98 valence electrons. The number of carboxylic acid groups (broad SMARTS) is 1. The van der Waals surface area contributed by atoms with Crippen molar-refractivity contribution in [3.05, 3.63) is 29.8 Å². The molecule has 0 fully saturated rings. The third-order valence-corrected chi connectivity index (χ3v) is 3.60. The van der Waals surface area contributed by atoms with E-state index in [0.29, 0.717) is 12.3 Å². The van der Waals surface area contributed by atoms with Gasteiger partial charge in [-0.3, -0.25) is 0 Å². The van der Waals surface area contributed by atoms with Crippen molar-refractivity contribution in [3.8, 4) is 0 Å². The van der Waals surface area contributed by atoms with Gasteiger partial charge in [0.05, 0.1) is 0 Å². The van der Waals surface area contributed by atoms with E-state index in [2.05, 4.69) is 17.9 Å². The van der Waals surface area contributed by atoms with Crippen LogP contribution in [0.25, 0.3) is 0 Å². The molecule has 0 spiro atoms. The lowest BCUT2D eigenvalue weighted by atomic mass is 9.92. The van der Waals surface area contributed by atoms with Gasteiger partial charge in [0.25, 0.3) is 0 Å². The SMILES string of the molecule is CCCC(C(=O)O)N1CC(C)Cc2ccccc21.